The van der Waals surface area contributed by atoms with Crippen molar-refractivity contribution in [2.75, 3.05) is 32.1 Å². The summed E-state index contributed by atoms with van der Waals surface area (Å²) in [5.41, 5.74) is -0.374. The van der Waals surface area contributed by atoms with E-state index in [2.05, 4.69) is 5.32 Å². The summed E-state index contributed by atoms with van der Waals surface area (Å²) in [6.45, 7) is 0.881. The molecule has 1 heterocycles. The number of nitrogens with zero attached hydrogens (tertiary/aromatic N) is 2. The van der Waals surface area contributed by atoms with Crippen LogP contribution in [-0.2, 0) is 15.0 Å². The Labute approximate surface area is 173 Å². The van der Waals surface area contributed by atoms with Crippen LogP contribution < -0.4 is 10.1 Å². The number of likely N-dealkylation sites (tertiary alicyclic amines) is 1. The highest BCUT2D eigenvalue weighted by Gasteiger charge is 2.43. The maximum atomic E-state index is 12.5. The second-order valence-electron chi connectivity index (χ2n) is 7.22. The average molecular weight is 413 g/mol. The Morgan fingerprint density at radius 3 is 2.43 bits per heavy atom. The molecule has 9 nitrogen and oxygen atoms in total. The number of carbonyl (C=O) groups is 2. The lowest BCUT2D eigenvalue weighted by Crippen LogP contribution is -2.49. The number of ether oxygens (including phenoxy) is 1. The van der Waals surface area contributed by atoms with Crippen LogP contribution in [0, 0.1) is 10.1 Å². The van der Waals surface area contributed by atoms with Gasteiger partial charge in [0.2, 0.25) is 5.91 Å². The molecule has 2 aromatic carbocycles. The number of aliphatic carboxylic acids is 1. The third-order valence-electron chi connectivity index (χ3n) is 5.49. The van der Waals surface area contributed by atoms with Gasteiger partial charge in [-0.25, -0.2) is 0 Å². The van der Waals surface area contributed by atoms with E-state index >= 15 is 0 Å². The number of hydrogen-bond donors (Lipinski definition) is 2. The zero-order valence-corrected chi connectivity index (χ0v) is 16.5. The first kappa shape index (κ1) is 21.3. The lowest BCUT2D eigenvalue weighted by atomic mass is 9.73. The second-order valence-corrected chi connectivity index (χ2v) is 7.22. The first-order chi connectivity index (χ1) is 14.4. The Morgan fingerprint density at radius 2 is 1.87 bits per heavy atom. The Bertz CT molecular complexity index is 939. The van der Waals surface area contributed by atoms with Gasteiger partial charge in [-0.05, 0) is 30.5 Å². The van der Waals surface area contributed by atoms with Gasteiger partial charge in [0.25, 0.3) is 5.69 Å². The summed E-state index contributed by atoms with van der Waals surface area (Å²) in [6, 6.07) is 13.3. The van der Waals surface area contributed by atoms with E-state index in [1.165, 1.54) is 25.3 Å². The van der Waals surface area contributed by atoms with E-state index in [4.69, 9.17) is 4.74 Å². The number of hydrogen-bond acceptors (Lipinski definition) is 6. The number of amides is 1. The minimum absolute atomic E-state index is 0.0215. The highest BCUT2D eigenvalue weighted by molar-refractivity contribution is 5.94. The number of nitro benzene ring substituents is 1. The van der Waals surface area contributed by atoms with Crippen molar-refractivity contribution < 1.29 is 24.4 Å². The quantitative estimate of drug-likeness (QED) is 0.528. The van der Waals surface area contributed by atoms with Gasteiger partial charge in [-0.3, -0.25) is 24.6 Å². The van der Waals surface area contributed by atoms with Crippen molar-refractivity contribution in [3.63, 3.8) is 0 Å². The molecule has 0 unspecified atom stereocenters. The molecule has 2 N–H and O–H groups in total. The molecule has 1 aliphatic heterocycles. The molecule has 0 radical (unpaired) electrons. The standard InChI is InChI=1S/C21H23N3O6/c1-30-16-7-8-17(18(13-16)24(28)29)22-19(25)14-23-11-9-21(10-12-23,20(26)27)15-5-3-2-4-6-15/h2-8,13H,9-12,14H2,1H3,(H,22,25)(H,26,27). The van der Waals surface area contributed by atoms with E-state index in [0.29, 0.717) is 31.7 Å². The maximum absolute atomic E-state index is 12.5. The van der Waals surface area contributed by atoms with Crippen LogP contribution in [0.4, 0.5) is 11.4 Å². The molecule has 158 valence electrons. The van der Waals surface area contributed by atoms with Crippen LogP contribution in [0.3, 0.4) is 0 Å². The highest BCUT2D eigenvalue weighted by Crippen LogP contribution is 2.36. The predicted octanol–water partition coefficient (Wildman–Crippen LogP) is 2.66. The molecule has 3 rings (SSSR count). The molecule has 2 aromatic rings. The monoisotopic (exact) mass is 413 g/mol. The summed E-state index contributed by atoms with van der Waals surface area (Å²) in [5, 5.41) is 23.7. The van der Waals surface area contributed by atoms with E-state index in [1.807, 2.05) is 35.2 Å². The third-order valence-corrected chi connectivity index (χ3v) is 5.49. The second kappa shape index (κ2) is 8.91. The first-order valence-electron chi connectivity index (χ1n) is 9.49. The minimum atomic E-state index is -0.969. The first-order valence-corrected chi connectivity index (χ1v) is 9.49. The van der Waals surface area contributed by atoms with Crippen LogP contribution in [0.1, 0.15) is 18.4 Å². The molecule has 9 heteroatoms. The van der Waals surface area contributed by atoms with Gasteiger partial charge in [-0.15, -0.1) is 0 Å². The van der Waals surface area contributed by atoms with Crippen LogP contribution in [0.2, 0.25) is 0 Å². The Kier molecular flexibility index (Phi) is 6.31. The van der Waals surface area contributed by atoms with Crippen molar-refractivity contribution in [3.05, 3.63) is 64.2 Å². The van der Waals surface area contributed by atoms with Crippen molar-refractivity contribution in [2.24, 2.45) is 0 Å². The van der Waals surface area contributed by atoms with E-state index in [-0.39, 0.29) is 17.9 Å². The Hall–Kier alpha value is -3.46. The number of anilines is 1. The molecule has 0 bridgehead atoms. The number of carbonyl (C=O) groups excluding carboxylic acids is 1. The van der Waals surface area contributed by atoms with Crippen molar-refractivity contribution in [1.82, 2.24) is 4.90 Å². The van der Waals surface area contributed by atoms with Gasteiger partial charge in [0.1, 0.15) is 11.4 Å². The maximum Gasteiger partial charge on any atom is 0.314 e. The lowest BCUT2D eigenvalue weighted by Gasteiger charge is -2.38. The highest BCUT2D eigenvalue weighted by atomic mass is 16.6. The van der Waals surface area contributed by atoms with Gasteiger partial charge in [0, 0.05) is 13.1 Å². The topological polar surface area (TPSA) is 122 Å². The minimum Gasteiger partial charge on any atom is -0.496 e. The van der Waals surface area contributed by atoms with Crippen molar-refractivity contribution in [1.29, 1.82) is 0 Å². The van der Waals surface area contributed by atoms with Gasteiger partial charge in [0.05, 0.1) is 30.1 Å². The van der Waals surface area contributed by atoms with Crippen LogP contribution >= 0.6 is 0 Å². The lowest BCUT2D eigenvalue weighted by molar-refractivity contribution is -0.384. The van der Waals surface area contributed by atoms with E-state index < -0.39 is 22.2 Å². The largest absolute Gasteiger partial charge is 0.496 e. The van der Waals surface area contributed by atoms with Gasteiger partial charge in [-0.2, -0.15) is 0 Å². The van der Waals surface area contributed by atoms with Crippen LogP contribution in [0.25, 0.3) is 0 Å². The van der Waals surface area contributed by atoms with Crippen LogP contribution in [0.15, 0.2) is 48.5 Å². The molecule has 0 atom stereocenters. The number of methoxy groups -OCH3 is 1. The van der Waals surface area contributed by atoms with Gasteiger partial charge < -0.3 is 15.2 Å². The molecule has 30 heavy (non-hydrogen) atoms. The number of carboxylic acids is 1. The van der Waals surface area contributed by atoms with E-state index in [0.717, 1.165) is 5.56 Å². The van der Waals surface area contributed by atoms with Crippen molar-refractivity contribution in [3.8, 4) is 5.75 Å². The molecular formula is C21H23N3O6. The summed E-state index contributed by atoms with van der Waals surface area (Å²) >= 11 is 0. The average Bonchev–Trinajstić information content (AvgIpc) is 2.75. The molecule has 0 spiro atoms. The number of benzene rings is 2. The fourth-order valence-electron chi connectivity index (χ4n) is 3.76. The zero-order chi connectivity index (χ0) is 21.7. The van der Waals surface area contributed by atoms with Crippen molar-refractivity contribution in [2.45, 2.75) is 18.3 Å². The Balaban J connectivity index is 1.65. The SMILES string of the molecule is COc1ccc(NC(=O)CN2CCC(C(=O)O)(c3ccccc3)CC2)c([N+](=O)[O-])c1. The Morgan fingerprint density at radius 1 is 1.20 bits per heavy atom. The molecule has 1 amide bonds. The summed E-state index contributed by atoms with van der Waals surface area (Å²) in [7, 11) is 1.40. The molecule has 1 fully saturated rings. The van der Waals surface area contributed by atoms with Gasteiger partial charge in [-0.1, -0.05) is 30.3 Å². The van der Waals surface area contributed by atoms with E-state index in [1.54, 1.807) is 0 Å². The molecular weight excluding hydrogens is 390 g/mol. The predicted molar refractivity (Wildman–Crippen MR) is 110 cm³/mol. The normalized spacial score (nSPS) is 15.9. The fourth-order valence-corrected chi connectivity index (χ4v) is 3.76. The van der Waals surface area contributed by atoms with Crippen LogP contribution in [0.5, 0.6) is 5.75 Å². The third kappa shape index (κ3) is 4.41. The summed E-state index contributed by atoms with van der Waals surface area (Å²) in [5.74, 6) is -0.945. The van der Waals surface area contributed by atoms with Crippen LogP contribution in [-0.4, -0.2) is 53.6 Å². The van der Waals surface area contributed by atoms with E-state index in [9.17, 15) is 24.8 Å². The molecule has 1 aliphatic rings. The molecule has 0 aliphatic carbocycles. The number of piperidine rings is 1. The number of nitro groups is 1. The number of carboxylic acid groups (broad SMARTS) is 1. The number of nitrogens with one attached hydrogen (secondary N) is 1. The summed E-state index contributed by atoms with van der Waals surface area (Å²) in [4.78, 5) is 37.0. The van der Waals surface area contributed by atoms with Gasteiger partial charge >= 0.3 is 5.97 Å². The summed E-state index contributed by atoms with van der Waals surface area (Å²) < 4.78 is 4.99. The fraction of sp³-hybridized carbons (Fsp3) is 0.333. The zero-order valence-electron chi connectivity index (χ0n) is 16.5. The molecule has 0 saturated carbocycles. The molecule has 1 saturated heterocycles. The van der Waals surface area contributed by atoms with Crippen molar-refractivity contribution >= 4 is 23.3 Å². The van der Waals surface area contributed by atoms with Gasteiger partial charge in [0.15, 0.2) is 0 Å². The molecule has 0 aromatic heterocycles. The smallest absolute Gasteiger partial charge is 0.314 e. The number of rotatable bonds is 7. The summed E-state index contributed by atoms with van der Waals surface area (Å²) in [6.07, 6.45) is 0.755.